The third-order valence-corrected chi connectivity index (χ3v) is 3.34. The molecule has 0 fully saturated rings. The molecule has 3 rings (SSSR count). The Morgan fingerprint density at radius 1 is 0.600 bits per heavy atom. The summed E-state index contributed by atoms with van der Waals surface area (Å²) < 4.78 is 11.8. The molecule has 0 heterocycles. The van der Waals surface area contributed by atoms with E-state index in [0.717, 1.165) is 24.3 Å². The van der Waals surface area contributed by atoms with Crippen molar-refractivity contribution in [3.63, 3.8) is 0 Å². The van der Waals surface area contributed by atoms with E-state index in [2.05, 4.69) is 12.2 Å². The molecule has 0 N–H and O–H groups in total. The third-order valence-electron chi connectivity index (χ3n) is 3.34. The molecule has 2 heteroatoms. The Morgan fingerprint density at radius 3 is 1.35 bits per heavy atom. The second-order valence-electron chi connectivity index (χ2n) is 4.90. The first-order valence-electron chi connectivity index (χ1n) is 7.02. The maximum Gasteiger partial charge on any atom is 0.120 e. The van der Waals surface area contributed by atoms with E-state index < -0.39 is 0 Å². The molecular formula is C18H18O2. The van der Waals surface area contributed by atoms with Gasteiger partial charge in [-0.05, 0) is 49.3 Å². The lowest BCUT2D eigenvalue weighted by atomic mass is 10.0. The van der Waals surface area contributed by atoms with E-state index in [1.807, 2.05) is 60.7 Å². The predicted molar refractivity (Wildman–Crippen MR) is 80.1 cm³/mol. The summed E-state index contributed by atoms with van der Waals surface area (Å²) in [5.41, 5.74) is 0. The molecule has 0 aromatic heterocycles. The van der Waals surface area contributed by atoms with E-state index in [4.69, 9.17) is 9.47 Å². The van der Waals surface area contributed by atoms with Crippen LogP contribution in [0.15, 0.2) is 72.8 Å². The smallest absolute Gasteiger partial charge is 0.120 e. The van der Waals surface area contributed by atoms with E-state index in [0.29, 0.717) is 0 Å². The van der Waals surface area contributed by atoms with Crippen LogP contribution in [0.25, 0.3) is 0 Å². The van der Waals surface area contributed by atoms with Crippen LogP contribution >= 0.6 is 0 Å². The zero-order valence-electron chi connectivity index (χ0n) is 11.3. The normalized spacial score (nSPS) is 21.4. The van der Waals surface area contributed by atoms with Gasteiger partial charge < -0.3 is 9.47 Å². The molecule has 2 aromatic rings. The standard InChI is InChI=1S/C18H18O2/c1-3-7-15(8-4-1)19-17-11-13-18(14-12-17)20-16-9-5-2-6-10-16/h1-11,13,17-18H,12,14H2/t17-,18+. The average molecular weight is 266 g/mol. The molecule has 0 saturated carbocycles. The summed E-state index contributed by atoms with van der Waals surface area (Å²) in [6.07, 6.45) is 6.45. The Morgan fingerprint density at radius 2 is 1.00 bits per heavy atom. The number of ether oxygens (including phenoxy) is 2. The van der Waals surface area contributed by atoms with Crippen LogP contribution in [0.4, 0.5) is 0 Å². The molecule has 0 spiro atoms. The van der Waals surface area contributed by atoms with Gasteiger partial charge in [-0.15, -0.1) is 0 Å². The first-order chi connectivity index (χ1) is 9.90. The van der Waals surface area contributed by atoms with E-state index in [9.17, 15) is 0 Å². The number of hydrogen-bond donors (Lipinski definition) is 0. The van der Waals surface area contributed by atoms with Crippen LogP contribution in [0.2, 0.25) is 0 Å². The fourth-order valence-corrected chi connectivity index (χ4v) is 2.31. The SMILES string of the molecule is C1=C[C@H](Oc2ccccc2)CC[C@@H]1Oc1ccccc1. The summed E-state index contributed by atoms with van der Waals surface area (Å²) in [7, 11) is 0. The van der Waals surface area contributed by atoms with Crippen molar-refractivity contribution in [3.05, 3.63) is 72.8 Å². The Hall–Kier alpha value is -2.22. The molecular weight excluding hydrogens is 248 g/mol. The van der Waals surface area contributed by atoms with E-state index >= 15 is 0 Å². The lowest BCUT2D eigenvalue weighted by Gasteiger charge is -2.24. The van der Waals surface area contributed by atoms with Crippen molar-refractivity contribution < 1.29 is 9.47 Å². The van der Waals surface area contributed by atoms with Gasteiger partial charge in [0.05, 0.1) is 0 Å². The Bertz CT molecular complexity index is 497. The van der Waals surface area contributed by atoms with Crippen LogP contribution in [-0.2, 0) is 0 Å². The minimum atomic E-state index is 0.146. The lowest BCUT2D eigenvalue weighted by Crippen LogP contribution is -2.25. The molecule has 0 unspecified atom stereocenters. The molecule has 1 aliphatic carbocycles. The highest BCUT2D eigenvalue weighted by Crippen LogP contribution is 2.22. The Kier molecular flexibility index (Phi) is 4.02. The zero-order chi connectivity index (χ0) is 13.6. The summed E-state index contributed by atoms with van der Waals surface area (Å²) in [5, 5.41) is 0. The molecule has 1 aliphatic rings. The van der Waals surface area contributed by atoms with Gasteiger partial charge in [-0.2, -0.15) is 0 Å². The number of hydrogen-bond acceptors (Lipinski definition) is 2. The Labute approximate surface area is 119 Å². The maximum atomic E-state index is 5.91. The van der Waals surface area contributed by atoms with Gasteiger partial charge >= 0.3 is 0 Å². The van der Waals surface area contributed by atoms with Crippen molar-refractivity contribution in [2.75, 3.05) is 0 Å². The molecule has 2 nitrogen and oxygen atoms in total. The molecule has 0 amide bonds. The van der Waals surface area contributed by atoms with Gasteiger partial charge in [-0.25, -0.2) is 0 Å². The minimum Gasteiger partial charge on any atom is -0.486 e. The topological polar surface area (TPSA) is 18.5 Å². The fourth-order valence-electron chi connectivity index (χ4n) is 2.31. The second kappa shape index (κ2) is 6.29. The van der Waals surface area contributed by atoms with Crippen LogP contribution in [0.5, 0.6) is 11.5 Å². The predicted octanol–water partition coefficient (Wildman–Crippen LogP) is 4.23. The number of para-hydroxylation sites is 2. The van der Waals surface area contributed by atoms with Crippen LogP contribution in [-0.4, -0.2) is 12.2 Å². The zero-order valence-corrected chi connectivity index (χ0v) is 11.3. The van der Waals surface area contributed by atoms with Gasteiger partial charge in [0, 0.05) is 0 Å². The lowest BCUT2D eigenvalue weighted by molar-refractivity contribution is 0.173. The van der Waals surface area contributed by atoms with Crippen molar-refractivity contribution in [1.29, 1.82) is 0 Å². The van der Waals surface area contributed by atoms with Gasteiger partial charge in [0.25, 0.3) is 0 Å². The first kappa shape index (κ1) is 12.8. The third kappa shape index (κ3) is 3.41. The highest BCUT2D eigenvalue weighted by Gasteiger charge is 2.18. The Balaban J connectivity index is 1.55. The van der Waals surface area contributed by atoms with Gasteiger partial charge in [-0.1, -0.05) is 36.4 Å². The highest BCUT2D eigenvalue weighted by atomic mass is 16.5. The second-order valence-corrected chi connectivity index (χ2v) is 4.90. The molecule has 0 saturated heterocycles. The van der Waals surface area contributed by atoms with Gasteiger partial charge in [-0.3, -0.25) is 0 Å². The highest BCUT2D eigenvalue weighted by molar-refractivity contribution is 5.24. The van der Waals surface area contributed by atoms with E-state index in [1.165, 1.54) is 0 Å². The fraction of sp³-hybridized carbons (Fsp3) is 0.222. The summed E-state index contributed by atoms with van der Waals surface area (Å²) in [5.74, 6) is 1.84. The summed E-state index contributed by atoms with van der Waals surface area (Å²) in [4.78, 5) is 0. The van der Waals surface area contributed by atoms with Crippen LogP contribution < -0.4 is 9.47 Å². The monoisotopic (exact) mass is 266 g/mol. The molecule has 0 aliphatic heterocycles. The first-order valence-corrected chi connectivity index (χ1v) is 7.02. The van der Waals surface area contributed by atoms with Crippen molar-refractivity contribution in [3.8, 4) is 11.5 Å². The molecule has 102 valence electrons. The molecule has 2 aromatic carbocycles. The molecule has 0 radical (unpaired) electrons. The molecule has 2 atom stereocenters. The quantitative estimate of drug-likeness (QED) is 0.771. The summed E-state index contributed by atoms with van der Waals surface area (Å²) >= 11 is 0. The van der Waals surface area contributed by atoms with Crippen molar-refractivity contribution in [2.24, 2.45) is 0 Å². The van der Waals surface area contributed by atoms with Crippen molar-refractivity contribution >= 4 is 0 Å². The maximum absolute atomic E-state index is 5.91. The van der Waals surface area contributed by atoms with Crippen molar-refractivity contribution in [1.82, 2.24) is 0 Å². The molecule has 20 heavy (non-hydrogen) atoms. The van der Waals surface area contributed by atoms with Gasteiger partial charge in [0.2, 0.25) is 0 Å². The number of rotatable bonds is 4. The van der Waals surface area contributed by atoms with E-state index in [-0.39, 0.29) is 12.2 Å². The minimum absolute atomic E-state index is 0.146. The summed E-state index contributed by atoms with van der Waals surface area (Å²) in [6.45, 7) is 0. The van der Waals surface area contributed by atoms with Crippen LogP contribution in [0, 0.1) is 0 Å². The summed E-state index contributed by atoms with van der Waals surface area (Å²) in [6, 6.07) is 19.9. The van der Waals surface area contributed by atoms with Crippen LogP contribution in [0.3, 0.4) is 0 Å². The average Bonchev–Trinajstić information content (AvgIpc) is 2.51. The van der Waals surface area contributed by atoms with Crippen molar-refractivity contribution in [2.45, 2.75) is 25.0 Å². The van der Waals surface area contributed by atoms with Crippen LogP contribution in [0.1, 0.15) is 12.8 Å². The van der Waals surface area contributed by atoms with Gasteiger partial charge in [0.15, 0.2) is 0 Å². The van der Waals surface area contributed by atoms with E-state index in [1.54, 1.807) is 0 Å². The van der Waals surface area contributed by atoms with Gasteiger partial charge in [0.1, 0.15) is 23.7 Å². The largest absolute Gasteiger partial charge is 0.486 e. The molecule has 0 bridgehead atoms. The number of benzene rings is 2.